The van der Waals surface area contributed by atoms with Gasteiger partial charge in [0.05, 0.1) is 12.6 Å². The third kappa shape index (κ3) is 4.68. The van der Waals surface area contributed by atoms with Crippen LogP contribution in [0.25, 0.3) is 0 Å². The lowest BCUT2D eigenvalue weighted by molar-refractivity contribution is -0.149. The average molecular weight is 401 g/mol. The highest BCUT2D eigenvalue weighted by Crippen LogP contribution is 2.40. The van der Waals surface area contributed by atoms with Crippen molar-refractivity contribution in [3.63, 3.8) is 0 Å². The maximum absolute atomic E-state index is 13.9. The molecule has 2 aromatic rings. The molecule has 0 spiro atoms. The predicted octanol–water partition coefficient (Wildman–Crippen LogP) is 3.77. The number of rotatable bonds is 6. The molecule has 0 aliphatic carbocycles. The molecule has 7 heteroatoms. The highest BCUT2D eigenvalue weighted by Gasteiger charge is 2.50. The fraction of sp³-hybridized carbons (Fsp3) is 0.273. The fourth-order valence-electron chi connectivity index (χ4n) is 3.40. The van der Waals surface area contributed by atoms with Crippen LogP contribution < -0.4 is 5.32 Å². The molecule has 3 rings (SSSR count). The molecule has 1 heterocycles. The SMILES string of the molecule is CCOC(=O)[C@@H]1N[C@@H](c2ccccc2)[C@@H](C(=O)OCc2ccccc2)C1=C(F)F. The van der Waals surface area contributed by atoms with Gasteiger partial charge in [0.1, 0.15) is 18.6 Å². The Morgan fingerprint density at radius 2 is 1.55 bits per heavy atom. The standard InChI is InChI=1S/C22H21F2NO4/c1-2-28-22(27)19-16(20(23)24)17(18(25-19)15-11-7-4-8-12-15)21(26)29-13-14-9-5-3-6-10-14/h3-12,17-19,25H,2,13H2,1H3/t17-,18-,19+/m0/s1. The monoisotopic (exact) mass is 401 g/mol. The molecule has 1 N–H and O–H groups in total. The first-order chi connectivity index (χ1) is 14.0. The molecule has 0 amide bonds. The van der Waals surface area contributed by atoms with Crippen molar-refractivity contribution in [2.75, 3.05) is 6.61 Å². The van der Waals surface area contributed by atoms with E-state index in [2.05, 4.69) is 5.32 Å². The van der Waals surface area contributed by atoms with E-state index in [1.165, 1.54) is 0 Å². The Morgan fingerprint density at radius 3 is 2.14 bits per heavy atom. The third-order valence-electron chi connectivity index (χ3n) is 4.70. The van der Waals surface area contributed by atoms with Gasteiger partial charge in [-0.15, -0.1) is 0 Å². The van der Waals surface area contributed by atoms with Gasteiger partial charge < -0.3 is 9.47 Å². The van der Waals surface area contributed by atoms with Crippen LogP contribution in [-0.2, 0) is 25.7 Å². The van der Waals surface area contributed by atoms with Crippen LogP contribution in [0, 0.1) is 5.92 Å². The summed E-state index contributed by atoms with van der Waals surface area (Å²) < 4.78 is 38.0. The van der Waals surface area contributed by atoms with Crippen molar-refractivity contribution in [2.45, 2.75) is 25.6 Å². The van der Waals surface area contributed by atoms with E-state index < -0.39 is 41.6 Å². The quantitative estimate of drug-likeness (QED) is 0.747. The normalized spacial score (nSPS) is 20.9. The minimum absolute atomic E-state index is 0.0390. The molecular weight excluding hydrogens is 380 g/mol. The molecular formula is C22H21F2NO4. The van der Waals surface area contributed by atoms with Crippen LogP contribution in [0.4, 0.5) is 8.78 Å². The van der Waals surface area contributed by atoms with Crippen molar-refractivity contribution in [3.8, 4) is 0 Å². The number of hydrogen-bond acceptors (Lipinski definition) is 5. The number of benzene rings is 2. The number of hydrogen-bond donors (Lipinski definition) is 1. The summed E-state index contributed by atoms with van der Waals surface area (Å²) >= 11 is 0. The van der Waals surface area contributed by atoms with E-state index in [0.29, 0.717) is 5.56 Å². The molecule has 0 bridgehead atoms. The first kappa shape index (κ1) is 20.7. The van der Waals surface area contributed by atoms with Gasteiger partial charge in [-0.25, -0.2) is 4.79 Å². The number of esters is 2. The maximum Gasteiger partial charge on any atom is 0.327 e. The molecule has 0 aromatic heterocycles. The zero-order valence-corrected chi connectivity index (χ0v) is 15.8. The van der Waals surface area contributed by atoms with Crippen molar-refractivity contribution >= 4 is 11.9 Å². The van der Waals surface area contributed by atoms with Crippen LogP contribution in [0.2, 0.25) is 0 Å². The fourth-order valence-corrected chi connectivity index (χ4v) is 3.40. The van der Waals surface area contributed by atoms with Crippen molar-refractivity contribution in [2.24, 2.45) is 5.92 Å². The number of nitrogens with one attached hydrogen (secondary N) is 1. The molecule has 0 saturated carbocycles. The van der Waals surface area contributed by atoms with Crippen LogP contribution in [0.3, 0.4) is 0 Å². The summed E-state index contributed by atoms with van der Waals surface area (Å²) in [7, 11) is 0. The third-order valence-corrected chi connectivity index (χ3v) is 4.70. The zero-order chi connectivity index (χ0) is 20.8. The molecule has 1 aliphatic heterocycles. The molecule has 152 valence electrons. The van der Waals surface area contributed by atoms with Gasteiger partial charge in [0.2, 0.25) is 0 Å². The van der Waals surface area contributed by atoms with Crippen LogP contribution in [0.15, 0.2) is 72.3 Å². The second-order valence-electron chi connectivity index (χ2n) is 6.53. The largest absolute Gasteiger partial charge is 0.465 e. The number of carbonyl (C=O) groups is 2. The zero-order valence-electron chi connectivity index (χ0n) is 15.8. The molecule has 3 atom stereocenters. The maximum atomic E-state index is 13.9. The second kappa shape index (κ2) is 9.43. The van der Waals surface area contributed by atoms with Gasteiger partial charge in [-0.1, -0.05) is 60.7 Å². The van der Waals surface area contributed by atoms with E-state index in [1.807, 2.05) is 6.07 Å². The minimum Gasteiger partial charge on any atom is -0.465 e. The predicted molar refractivity (Wildman–Crippen MR) is 102 cm³/mol. The number of ether oxygens (including phenoxy) is 2. The Hall–Kier alpha value is -3.06. The first-order valence-corrected chi connectivity index (χ1v) is 9.26. The summed E-state index contributed by atoms with van der Waals surface area (Å²) in [5.41, 5.74) is 0.728. The highest BCUT2D eigenvalue weighted by molar-refractivity contribution is 5.87. The Balaban J connectivity index is 1.92. The molecule has 1 fully saturated rings. The smallest absolute Gasteiger partial charge is 0.327 e. The van der Waals surface area contributed by atoms with E-state index in [4.69, 9.17) is 9.47 Å². The van der Waals surface area contributed by atoms with E-state index >= 15 is 0 Å². The van der Waals surface area contributed by atoms with Crippen LogP contribution in [0.1, 0.15) is 24.1 Å². The van der Waals surface area contributed by atoms with E-state index in [9.17, 15) is 18.4 Å². The molecule has 5 nitrogen and oxygen atoms in total. The lowest BCUT2D eigenvalue weighted by Crippen LogP contribution is -2.35. The number of halogens is 2. The first-order valence-electron chi connectivity index (χ1n) is 9.26. The van der Waals surface area contributed by atoms with Gasteiger partial charge in [-0.2, -0.15) is 8.78 Å². The summed E-state index contributed by atoms with van der Waals surface area (Å²) in [6, 6.07) is 15.3. The summed E-state index contributed by atoms with van der Waals surface area (Å²) in [6.07, 6.45) is -2.09. The van der Waals surface area contributed by atoms with Gasteiger partial charge >= 0.3 is 11.9 Å². The van der Waals surface area contributed by atoms with Gasteiger partial charge in [-0.05, 0) is 18.1 Å². The Kier molecular flexibility index (Phi) is 6.72. The van der Waals surface area contributed by atoms with Gasteiger partial charge in [-0.3, -0.25) is 10.1 Å². The lowest BCUT2D eigenvalue weighted by atomic mass is 9.90. The van der Waals surface area contributed by atoms with Crippen molar-refractivity contribution in [3.05, 3.63) is 83.4 Å². The molecule has 1 saturated heterocycles. The Bertz CT molecular complexity index is 882. The summed E-state index contributed by atoms with van der Waals surface area (Å²) in [5.74, 6) is -3.03. The van der Waals surface area contributed by atoms with Crippen LogP contribution in [-0.4, -0.2) is 24.6 Å². The number of carbonyl (C=O) groups excluding carboxylic acids is 2. The molecule has 29 heavy (non-hydrogen) atoms. The van der Waals surface area contributed by atoms with E-state index in [-0.39, 0.29) is 13.2 Å². The summed E-state index contributed by atoms with van der Waals surface area (Å²) in [6.45, 7) is 1.57. The van der Waals surface area contributed by atoms with Crippen molar-refractivity contribution in [1.29, 1.82) is 0 Å². The molecule has 0 unspecified atom stereocenters. The van der Waals surface area contributed by atoms with Crippen molar-refractivity contribution < 1.29 is 27.8 Å². The summed E-state index contributed by atoms with van der Waals surface area (Å²) in [5, 5.41) is 2.84. The van der Waals surface area contributed by atoms with Crippen LogP contribution >= 0.6 is 0 Å². The molecule has 0 radical (unpaired) electrons. The van der Waals surface area contributed by atoms with Crippen molar-refractivity contribution in [1.82, 2.24) is 5.32 Å². The average Bonchev–Trinajstić information content (AvgIpc) is 3.15. The molecule has 1 aliphatic rings. The Labute approximate surface area is 167 Å². The second-order valence-corrected chi connectivity index (χ2v) is 6.53. The van der Waals surface area contributed by atoms with Gasteiger partial charge in [0.15, 0.2) is 0 Å². The summed E-state index contributed by atoms with van der Waals surface area (Å²) in [4.78, 5) is 25.1. The lowest BCUT2D eigenvalue weighted by Gasteiger charge is -2.19. The van der Waals surface area contributed by atoms with Gasteiger partial charge in [0, 0.05) is 5.57 Å². The Morgan fingerprint density at radius 1 is 0.931 bits per heavy atom. The topological polar surface area (TPSA) is 64.6 Å². The highest BCUT2D eigenvalue weighted by atomic mass is 19.3. The van der Waals surface area contributed by atoms with E-state index in [0.717, 1.165) is 5.56 Å². The van der Waals surface area contributed by atoms with E-state index in [1.54, 1.807) is 61.5 Å². The van der Waals surface area contributed by atoms with Gasteiger partial charge in [0.25, 0.3) is 6.08 Å². The molecule has 2 aromatic carbocycles. The minimum atomic E-state index is -2.09. The van der Waals surface area contributed by atoms with Crippen LogP contribution in [0.5, 0.6) is 0 Å².